The number of tetrazole rings is 1. The molecule has 0 bridgehead atoms. The van der Waals surface area contributed by atoms with Crippen LogP contribution in [-0.4, -0.2) is 26.2 Å². The van der Waals surface area contributed by atoms with Gasteiger partial charge in [0, 0.05) is 5.69 Å². The molecular formula is C12H17N7. The monoisotopic (exact) mass is 259 g/mol. The molecular weight excluding hydrogens is 242 g/mol. The fourth-order valence-corrected chi connectivity index (χ4v) is 1.55. The van der Waals surface area contributed by atoms with Gasteiger partial charge < -0.3 is 11.1 Å². The Balaban J connectivity index is 1.99. The van der Waals surface area contributed by atoms with E-state index < -0.39 is 0 Å². The molecule has 0 spiro atoms. The van der Waals surface area contributed by atoms with Gasteiger partial charge in [0.05, 0.1) is 7.05 Å². The molecule has 0 aliphatic rings. The zero-order valence-corrected chi connectivity index (χ0v) is 11.3. The van der Waals surface area contributed by atoms with Crippen molar-refractivity contribution < 1.29 is 0 Å². The van der Waals surface area contributed by atoms with Crippen molar-refractivity contribution in [3.63, 3.8) is 0 Å². The number of hydrogen-bond donors (Lipinski definition) is 2. The molecule has 0 unspecified atom stereocenters. The Morgan fingerprint density at radius 3 is 2.79 bits per heavy atom. The molecule has 2 rings (SSSR count). The Bertz CT molecular complexity index is 600. The number of aryl methyl sites for hydroxylation is 3. The molecule has 1 heterocycles. The van der Waals surface area contributed by atoms with Gasteiger partial charge in [-0.25, -0.2) is 4.99 Å². The summed E-state index contributed by atoms with van der Waals surface area (Å²) in [5.74, 6) is 0.864. The maximum absolute atomic E-state index is 5.80. The van der Waals surface area contributed by atoms with Gasteiger partial charge in [-0.15, -0.1) is 10.2 Å². The minimum absolute atomic E-state index is 0.303. The molecule has 19 heavy (non-hydrogen) atoms. The molecule has 3 N–H and O–H groups in total. The second-order valence-corrected chi connectivity index (χ2v) is 4.32. The first-order chi connectivity index (χ1) is 9.04. The van der Waals surface area contributed by atoms with Crippen molar-refractivity contribution >= 4 is 11.6 Å². The van der Waals surface area contributed by atoms with Crippen LogP contribution in [0.25, 0.3) is 0 Å². The van der Waals surface area contributed by atoms with Crippen LogP contribution in [0.3, 0.4) is 0 Å². The van der Waals surface area contributed by atoms with Gasteiger partial charge >= 0.3 is 0 Å². The average Bonchev–Trinajstić information content (AvgIpc) is 2.77. The van der Waals surface area contributed by atoms with Crippen molar-refractivity contribution in [2.75, 3.05) is 5.32 Å². The van der Waals surface area contributed by atoms with Gasteiger partial charge in [-0.2, -0.15) is 4.80 Å². The molecule has 0 saturated heterocycles. The lowest BCUT2D eigenvalue weighted by Crippen LogP contribution is -2.22. The van der Waals surface area contributed by atoms with E-state index in [0.717, 1.165) is 5.69 Å². The van der Waals surface area contributed by atoms with Crippen molar-refractivity contribution in [3.8, 4) is 0 Å². The number of aromatic nitrogens is 4. The fourth-order valence-electron chi connectivity index (χ4n) is 1.55. The normalized spacial score (nSPS) is 11.6. The van der Waals surface area contributed by atoms with Crippen molar-refractivity contribution in [3.05, 3.63) is 35.2 Å². The number of anilines is 1. The first-order valence-electron chi connectivity index (χ1n) is 5.91. The van der Waals surface area contributed by atoms with Crippen LogP contribution in [-0.2, 0) is 13.6 Å². The van der Waals surface area contributed by atoms with Crippen LogP contribution in [0.15, 0.2) is 23.2 Å². The molecule has 1 aromatic heterocycles. The Kier molecular flexibility index (Phi) is 3.74. The summed E-state index contributed by atoms with van der Waals surface area (Å²) >= 11 is 0. The summed E-state index contributed by atoms with van der Waals surface area (Å²) in [6.45, 7) is 4.42. The Hall–Kier alpha value is -2.44. The molecule has 7 nitrogen and oxygen atoms in total. The summed E-state index contributed by atoms with van der Waals surface area (Å²) in [6.07, 6.45) is 0. The first-order valence-corrected chi connectivity index (χ1v) is 5.91. The van der Waals surface area contributed by atoms with Crippen molar-refractivity contribution in [1.82, 2.24) is 20.2 Å². The Morgan fingerprint density at radius 2 is 2.16 bits per heavy atom. The van der Waals surface area contributed by atoms with E-state index in [2.05, 4.69) is 39.6 Å². The highest BCUT2D eigenvalue weighted by molar-refractivity contribution is 5.92. The van der Waals surface area contributed by atoms with Crippen LogP contribution in [0, 0.1) is 13.8 Å². The average molecular weight is 259 g/mol. The lowest BCUT2D eigenvalue weighted by atomic mass is 10.1. The van der Waals surface area contributed by atoms with Crippen molar-refractivity contribution in [2.24, 2.45) is 17.8 Å². The molecule has 2 aromatic rings. The van der Waals surface area contributed by atoms with E-state index in [1.54, 1.807) is 7.05 Å². The Labute approximate surface area is 111 Å². The van der Waals surface area contributed by atoms with Gasteiger partial charge in [-0.05, 0) is 42.3 Å². The largest absolute Gasteiger partial charge is 0.370 e. The summed E-state index contributed by atoms with van der Waals surface area (Å²) in [5, 5.41) is 14.6. The topological polar surface area (TPSA) is 94.0 Å². The number of guanidine groups is 1. The van der Waals surface area contributed by atoms with Crippen LogP contribution in [0.4, 0.5) is 5.69 Å². The van der Waals surface area contributed by atoms with Gasteiger partial charge in [0.1, 0.15) is 6.54 Å². The first kappa shape index (κ1) is 13.0. The SMILES string of the molecule is Cc1ccc(NC(N)=NCc2nnn(C)n2)cc1C. The zero-order valence-electron chi connectivity index (χ0n) is 11.3. The number of rotatable bonds is 3. The van der Waals surface area contributed by atoms with E-state index in [0.29, 0.717) is 18.3 Å². The molecule has 1 aromatic carbocycles. The zero-order chi connectivity index (χ0) is 13.8. The Morgan fingerprint density at radius 1 is 1.37 bits per heavy atom. The van der Waals surface area contributed by atoms with Gasteiger partial charge in [0.2, 0.25) is 0 Å². The van der Waals surface area contributed by atoms with Crippen molar-refractivity contribution in [1.29, 1.82) is 0 Å². The second kappa shape index (κ2) is 5.47. The number of benzene rings is 1. The highest BCUT2D eigenvalue weighted by Crippen LogP contribution is 2.13. The summed E-state index contributed by atoms with van der Waals surface area (Å²) in [7, 11) is 1.71. The number of nitrogens with zero attached hydrogens (tertiary/aromatic N) is 5. The predicted molar refractivity (Wildman–Crippen MR) is 73.7 cm³/mol. The van der Waals surface area contributed by atoms with Crippen LogP contribution in [0.1, 0.15) is 17.0 Å². The number of nitrogens with two attached hydrogens (primary N) is 1. The standard InChI is InChI=1S/C12H17N7/c1-8-4-5-10(6-9(8)2)15-12(13)14-7-11-16-18-19(3)17-11/h4-6H,7H2,1-3H3,(H3,13,14,15). The van der Waals surface area contributed by atoms with Crippen LogP contribution >= 0.6 is 0 Å². The molecule has 0 aliphatic heterocycles. The van der Waals surface area contributed by atoms with E-state index in [4.69, 9.17) is 5.73 Å². The fraction of sp³-hybridized carbons (Fsp3) is 0.333. The predicted octanol–water partition coefficient (Wildman–Crippen LogP) is 0.754. The summed E-state index contributed by atoms with van der Waals surface area (Å²) < 4.78 is 0. The molecule has 0 saturated carbocycles. The molecule has 0 fully saturated rings. The summed E-state index contributed by atoms with van der Waals surface area (Å²) in [5.41, 5.74) is 9.16. The van der Waals surface area contributed by atoms with Gasteiger partial charge in [0.25, 0.3) is 0 Å². The molecule has 0 atom stereocenters. The summed E-state index contributed by atoms with van der Waals surface area (Å²) in [4.78, 5) is 5.55. The van der Waals surface area contributed by atoms with Crippen LogP contribution < -0.4 is 11.1 Å². The molecule has 0 radical (unpaired) electrons. The van der Waals surface area contributed by atoms with E-state index in [1.807, 2.05) is 18.2 Å². The quantitative estimate of drug-likeness (QED) is 0.626. The number of aliphatic imine (C=N–C) groups is 1. The maximum atomic E-state index is 5.80. The molecule has 0 aliphatic carbocycles. The van der Waals surface area contributed by atoms with Gasteiger partial charge in [-0.1, -0.05) is 6.07 Å². The van der Waals surface area contributed by atoms with Crippen molar-refractivity contribution in [2.45, 2.75) is 20.4 Å². The second-order valence-electron chi connectivity index (χ2n) is 4.32. The van der Waals surface area contributed by atoms with Gasteiger partial charge in [-0.3, -0.25) is 0 Å². The third-order valence-electron chi connectivity index (χ3n) is 2.72. The maximum Gasteiger partial charge on any atom is 0.196 e. The van der Waals surface area contributed by atoms with E-state index in [1.165, 1.54) is 15.9 Å². The van der Waals surface area contributed by atoms with Crippen LogP contribution in [0.2, 0.25) is 0 Å². The highest BCUT2D eigenvalue weighted by Gasteiger charge is 2.01. The lowest BCUT2D eigenvalue weighted by molar-refractivity contribution is 0.627. The number of hydrogen-bond acceptors (Lipinski definition) is 4. The number of nitrogens with one attached hydrogen (secondary N) is 1. The summed E-state index contributed by atoms with van der Waals surface area (Å²) in [6, 6.07) is 6.03. The molecule has 7 heteroatoms. The lowest BCUT2D eigenvalue weighted by Gasteiger charge is -2.07. The van der Waals surface area contributed by atoms with E-state index in [-0.39, 0.29) is 0 Å². The molecule has 0 amide bonds. The smallest absolute Gasteiger partial charge is 0.196 e. The van der Waals surface area contributed by atoms with E-state index >= 15 is 0 Å². The minimum Gasteiger partial charge on any atom is -0.370 e. The van der Waals surface area contributed by atoms with Crippen LogP contribution in [0.5, 0.6) is 0 Å². The highest BCUT2D eigenvalue weighted by atomic mass is 15.6. The van der Waals surface area contributed by atoms with Gasteiger partial charge in [0.15, 0.2) is 11.8 Å². The third kappa shape index (κ3) is 3.51. The third-order valence-corrected chi connectivity index (χ3v) is 2.72. The molecule has 100 valence electrons. The minimum atomic E-state index is 0.303. The van der Waals surface area contributed by atoms with E-state index in [9.17, 15) is 0 Å².